The van der Waals surface area contributed by atoms with Gasteiger partial charge < -0.3 is 0 Å². The molecule has 0 bridgehead atoms. The number of carbonyl (C=O) groups excluding carboxylic acids is 2. The smallest absolute Gasteiger partial charge is 0.166 e. The molecule has 0 unspecified atom stereocenters. The zero-order chi connectivity index (χ0) is 10.1. The van der Waals surface area contributed by atoms with Gasteiger partial charge in [-0.2, -0.15) is 0 Å². The van der Waals surface area contributed by atoms with Crippen molar-refractivity contribution < 1.29 is 9.59 Å². The van der Waals surface area contributed by atoms with Gasteiger partial charge in [-0.25, -0.2) is 0 Å². The third kappa shape index (κ3) is 1.60. The summed E-state index contributed by atoms with van der Waals surface area (Å²) < 4.78 is 0. The number of hydrogen-bond donors (Lipinski definition) is 0. The fraction of sp³-hybridized carbons (Fsp3) is 0.333. The fourth-order valence-corrected chi connectivity index (χ4v) is 1.75. The van der Waals surface area contributed by atoms with Crippen molar-refractivity contribution in [1.29, 1.82) is 0 Å². The normalized spacial score (nSPS) is 24.4. The van der Waals surface area contributed by atoms with E-state index in [4.69, 9.17) is 0 Å². The molecule has 0 heterocycles. The summed E-state index contributed by atoms with van der Waals surface area (Å²) in [6, 6.07) is 9.18. The Morgan fingerprint density at radius 3 is 2.29 bits per heavy atom. The van der Waals surface area contributed by atoms with Crippen molar-refractivity contribution in [2.45, 2.75) is 13.3 Å². The van der Waals surface area contributed by atoms with Crippen molar-refractivity contribution in [2.24, 2.45) is 11.8 Å². The highest BCUT2D eigenvalue weighted by atomic mass is 16.1. The maximum Gasteiger partial charge on any atom is 0.166 e. The number of benzene rings is 1. The lowest BCUT2D eigenvalue weighted by atomic mass is 10.1. The Balaban J connectivity index is 2.09. The minimum Gasteiger partial charge on any atom is -0.300 e. The summed E-state index contributed by atoms with van der Waals surface area (Å²) in [5.41, 5.74) is 0.723. The average Bonchev–Trinajstić information content (AvgIpc) is 2.97. The van der Waals surface area contributed by atoms with Crippen molar-refractivity contribution in [3.63, 3.8) is 0 Å². The minimum absolute atomic E-state index is 0.0114. The highest BCUT2D eigenvalue weighted by Gasteiger charge is 2.45. The van der Waals surface area contributed by atoms with Crippen LogP contribution in [-0.4, -0.2) is 11.6 Å². The van der Waals surface area contributed by atoms with Crippen LogP contribution < -0.4 is 0 Å². The second kappa shape index (κ2) is 3.37. The van der Waals surface area contributed by atoms with Crippen molar-refractivity contribution in [3.05, 3.63) is 35.9 Å². The molecule has 1 aromatic carbocycles. The van der Waals surface area contributed by atoms with E-state index in [9.17, 15) is 9.59 Å². The van der Waals surface area contributed by atoms with E-state index < -0.39 is 0 Å². The topological polar surface area (TPSA) is 34.1 Å². The van der Waals surface area contributed by atoms with Crippen molar-refractivity contribution in [2.75, 3.05) is 0 Å². The molecule has 0 spiro atoms. The van der Waals surface area contributed by atoms with Crippen LogP contribution in [0.5, 0.6) is 0 Å². The molecule has 1 saturated carbocycles. The van der Waals surface area contributed by atoms with Crippen molar-refractivity contribution in [1.82, 2.24) is 0 Å². The Bertz CT molecular complexity index is 367. The van der Waals surface area contributed by atoms with Crippen LogP contribution in [0.3, 0.4) is 0 Å². The number of carbonyl (C=O) groups is 2. The Labute approximate surface area is 82.9 Å². The lowest BCUT2D eigenvalue weighted by Crippen LogP contribution is -2.06. The van der Waals surface area contributed by atoms with Crippen LogP contribution in [0.2, 0.25) is 0 Å². The van der Waals surface area contributed by atoms with Crippen LogP contribution in [0.25, 0.3) is 0 Å². The van der Waals surface area contributed by atoms with E-state index in [0.717, 1.165) is 12.0 Å². The summed E-state index contributed by atoms with van der Waals surface area (Å²) in [4.78, 5) is 22.8. The van der Waals surface area contributed by atoms with Gasteiger partial charge in [0.25, 0.3) is 0 Å². The number of ketones is 2. The average molecular weight is 188 g/mol. The molecule has 1 aliphatic carbocycles. The molecule has 0 N–H and O–H groups in total. The summed E-state index contributed by atoms with van der Waals surface area (Å²) in [5, 5.41) is 0. The molecular formula is C12H12O2. The summed E-state index contributed by atoms with van der Waals surface area (Å²) in [5.74, 6) is 0.197. The zero-order valence-corrected chi connectivity index (χ0v) is 8.07. The zero-order valence-electron chi connectivity index (χ0n) is 8.07. The maximum absolute atomic E-state index is 11.8. The Morgan fingerprint density at radius 1 is 1.14 bits per heavy atom. The first-order valence-electron chi connectivity index (χ1n) is 4.80. The second-order valence-electron chi connectivity index (χ2n) is 3.79. The van der Waals surface area contributed by atoms with Crippen molar-refractivity contribution in [3.8, 4) is 0 Å². The SMILES string of the molecule is CC(=O)[C@@H]1C[C@@H]1C(=O)c1ccccc1. The summed E-state index contributed by atoms with van der Waals surface area (Å²) in [6.45, 7) is 1.56. The van der Waals surface area contributed by atoms with E-state index in [2.05, 4.69) is 0 Å². The van der Waals surface area contributed by atoms with Gasteiger partial charge >= 0.3 is 0 Å². The standard InChI is InChI=1S/C12H12O2/c1-8(13)10-7-11(10)12(14)9-5-3-2-4-6-9/h2-6,10-11H,7H2,1H3/t10-,11-/m0/s1. The minimum atomic E-state index is -0.0464. The summed E-state index contributed by atoms with van der Waals surface area (Å²) in [6.07, 6.45) is 0.739. The molecule has 0 amide bonds. The molecule has 72 valence electrons. The van der Waals surface area contributed by atoms with Crippen LogP contribution in [0, 0.1) is 11.8 Å². The third-order valence-electron chi connectivity index (χ3n) is 2.71. The number of rotatable bonds is 3. The quantitative estimate of drug-likeness (QED) is 0.681. The van der Waals surface area contributed by atoms with E-state index in [1.54, 1.807) is 19.1 Å². The molecule has 0 aromatic heterocycles. The summed E-state index contributed by atoms with van der Waals surface area (Å²) >= 11 is 0. The highest BCUT2D eigenvalue weighted by Crippen LogP contribution is 2.41. The van der Waals surface area contributed by atoms with Crippen LogP contribution >= 0.6 is 0 Å². The van der Waals surface area contributed by atoms with Crippen molar-refractivity contribution >= 4 is 11.6 Å². The van der Waals surface area contributed by atoms with Gasteiger partial charge in [0.2, 0.25) is 0 Å². The second-order valence-corrected chi connectivity index (χ2v) is 3.79. The monoisotopic (exact) mass is 188 g/mol. The molecular weight excluding hydrogens is 176 g/mol. The molecule has 0 aliphatic heterocycles. The predicted molar refractivity (Wildman–Crippen MR) is 53.1 cm³/mol. The molecule has 0 radical (unpaired) electrons. The number of Topliss-reactive ketones (excluding diaryl/α,β-unsaturated/α-hetero) is 2. The van der Waals surface area contributed by atoms with Gasteiger partial charge in [0.1, 0.15) is 5.78 Å². The van der Waals surface area contributed by atoms with E-state index in [1.165, 1.54) is 0 Å². The van der Waals surface area contributed by atoms with E-state index in [0.29, 0.717) is 0 Å². The molecule has 2 rings (SSSR count). The van der Waals surface area contributed by atoms with Gasteiger partial charge in [0.15, 0.2) is 5.78 Å². The van der Waals surface area contributed by atoms with E-state index in [-0.39, 0.29) is 23.4 Å². The lowest BCUT2D eigenvalue weighted by Gasteiger charge is -1.97. The van der Waals surface area contributed by atoms with Crippen LogP contribution in [-0.2, 0) is 4.79 Å². The largest absolute Gasteiger partial charge is 0.300 e. The van der Waals surface area contributed by atoms with Gasteiger partial charge in [0, 0.05) is 17.4 Å². The molecule has 2 atom stereocenters. The van der Waals surface area contributed by atoms with Crippen LogP contribution in [0.1, 0.15) is 23.7 Å². The predicted octanol–water partition coefficient (Wildman–Crippen LogP) is 2.09. The third-order valence-corrected chi connectivity index (χ3v) is 2.71. The van der Waals surface area contributed by atoms with E-state index in [1.807, 2.05) is 18.2 Å². The van der Waals surface area contributed by atoms with Crippen LogP contribution in [0.15, 0.2) is 30.3 Å². The first kappa shape index (κ1) is 9.13. The number of hydrogen-bond acceptors (Lipinski definition) is 2. The molecule has 1 aliphatic rings. The molecule has 14 heavy (non-hydrogen) atoms. The van der Waals surface area contributed by atoms with Gasteiger partial charge in [-0.15, -0.1) is 0 Å². The Morgan fingerprint density at radius 2 is 1.79 bits per heavy atom. The molecule has 2 heteroatoms. The molecule has 1 aromatic rings. The van der Waals surface area contributed by atoms with Gasteiger partial charge in [-0.1, -0.05) is 30.3 Å². The van der Waals surface area contributed by atoms with Gasteiger partial charge in [0.05, 0.1) is 0 Å². The molecule has 0 saturated heterocycles. The highest BCUT2D eigenvalue weighted by molar-refractivity contribution is 6.03. The first-order chi connectivity index (χ1) is 6.70. The maximum atomic E-state index is 11.8. The summed E-state index contributed by atoms with van der Waals surface area (Å²) in [7, 11) is 0. The van der Waals surface area contributed by atoms with E-state index >= 15 is 0 Å². The lowest BCUT2D eigenvalue weighted by molar-refractivity contribution is -0.118. The van der Waals surface area contributed by atoms with Crippen LogP contribution in [0.4, 0.5) is 0 Å². The fourth-order valence-electron chi connectivity index (χ4n) is 1.75. The molecule has 2 nitrogen and oxygen atoms in total. The Kier molecular flexibility index (Phi) is 2.20. The molecule has 1 fully saturated rings. The van der Waals surface area contributed by atoms with Gasteiger partial charge in [-0.3, -0.25) is 9.59 Å². The first-order valence-corrected chi connectivity index (χ1v) is 4.80. The Hall–Kier alpha value is -1.44. The van der Waals surface area contributed by atoms with Gasteiger partial charge in [-0.05, 0) is 13.3 Å².